The number of nitrogens with one attached hydrogen (secondary N) is 2. The number of rotatable bonds is 9. The minimum atomic E-state index is -1.81. The van der Waals surface area contributed by atoms with Crippen LogP contribution in [-0.4, -0.2) is 68.4 Å². The van der Waals surface area contributed by atoms with Crippen LogP contribution >= 0.6 is 11.3 Å². The number of halogens is 1. The fourth-order valence-corrected chi connectivity index (χ4v) is 5.82. The number of carbonyl (C=O) groups is 4. The zero-order valence-electron chi connectivity index (χ0n) is 22.9. The van der Waals surface area contributed by atoms with E-state index >= 15 is 0 Å². The van der Waals surface area contributed by atoms with E-state index in [4.69, 9.17) is 0 Å². The molecule has 216 valence electrons. The Morgan fingerprint density at radius 1 is 1.18 bits per heavy atom. The fourth-order valence-electron chi connectivity index (χ4n) is 5.01. The smallest absolute Gasteiger partial charge is 0.304 e. The summed E-state index contributed by atoms with van der Waals surface area (Å²) in [6, 6.07) is 6.99. The summed E-state index contributed by atoms with van der Waals surface area (Å²) in [5, 5.41) is 25.0. The third-order valence-electron chi connectivity index (χ3n) is 7.30. The fraction of sp³-hybridized carbons (Fsp3) is 0.536. The van der Waals surface area contributed by atoms with E-state index in [2.05, 4.69) is 15.6 Å². The Hall–Kier alpha value is -3.38. The second kappa shape index (κ2) is 11.2. The maximum absolute atomic E-state index is 14.3. The first kappa shape index (κ1) is 29.6. The number of aromatic nitrogens is 1. The molecule has 2 aliphatic rings. The molecule has 2 aromatic rings. The molecule has 2 heterocycles. The number of amides is 3. The summed E-state index contributed by atoms with van der Waals surface area (Å²) in [6.07, 6.45) is -2.05. The maximum atomic E-state index is 14.3. The van der Waals surface area contributed by atoms with Gasteiger partial charge in [-0.3, -0.25) is 19.2 Å². The molecule has 40 heavy (non-hydrogen) atoms. The average molecular weight is 575 g/mol. The Kier molecular flexibility index (Phi) is 8.32. The molecule has 1 aromatic heterocycles. The highest BCUT2D eigenvalue weighted by atomic mass is 32.1. The van der Waals surface area contributed by atoms with Crippen LogP contribution in [0.4, 0.5) is 4.39 Å². The molecule has 4 atom stereocenters. The first-order valence-electron chi connectivity index (χ1n) is 13.2. The van der Waals surface area contributed by atoms with Gasteiger partial charge in [0.25, 0.3) is 0 Å². The molecule has 1 saturated carbocycles. The van der Waals surface area contributed by atoms with Crippen LogP contribution in [0.2, 0.25) is 0 Å². The molecular weight excluding hydrogens is 539 g/mol. The SMILES string of the molecule is Cc1ncsc1-c1ccc([C@H](CC(=O)O)C(=O)N[C@@H]2C[C@@H](O)CN2C(=O)[C@H](C(=O)NC2(F)CC2)C(C)(C)C)cc1. The molecule has 0 radical (unpaired) electrons. The molecular formula is C28H35FN4O6S. The molecule has 1 aromatic carbocycles. The van der Waals surface area contributed by atoms with Gasteiger partial charge in [0.05, 0.1) is 34.5 Å². The summed E-state index contributed by atoms with van der Waals surface area (Å²) in [4.78, 5) is 58.2. The molecule has 1 aliphatic heterocycles. The van der Waals surface area contributed by atoms with E-state index in [0.29, 0.717) is 5.56 Å². The number of carbonyl (C=O) groups excluding carboxylic acids is 3. The third-order valence-corrected chi connectivity index (χ3v) is 8.28. The number of alkyl halides is 1. The number of likely N-dealkylation sites (tertiary alicyclic amines) is 1. The van der Waals surface area contributed by atoms with Gasteiger partial charge in [0.2, 0.25) is 17.7 Å². The van der Waals surface area contributed by atoms with Gasteiger partial charge in [0, 0.05) is 25.8 Å². The summed E-state index contributed by atoms with van der Waals surface area (Å²) < 4.78 is 14.3. The van der Waals surface area contributed by atoms with Gasteiger partial charge in [-0.05, 0) is 23.5 Å². The lowest BCUT2D eigenvalue weighted by atomic mass is 9.79. The first-order chi connectivity index (χ1) is 18.7. The molecule has 2 fully saturated rings. The maximum Gasteiger partial charge on any atom is 0.304 e. The third kappa shape index (κ3) is 6.67. The highest BCUT2D eigenvalue weighted by molar-refractivity contribution is 7.13. The quantitative estimate of drug-likeness (QED) is 0.266. The highest BCUT2D eigenvalue weighted by Gasteiger charge is 2.50. The molecule has 0 unspecified atom stereocenters. The van der Waals surface area contributed by atoms with Gasteiger partial charge in [-0.15, -0.1) is 11.3 Å². The number of thiazole rings is 1. The molecule has 0 spiro atoms. The highest BCUT2D eigenvalue weighted by Crippen LogP contribution is 2.39. The molecule has 4 rings (SSSR count). The monoisotopic (exact) mass is 574 g/mol. The van der Waals surface area contributed by atoms with Gasteiger partial charge >= 0.3 is 5.97 Å². The number of carboxylic acids is 1. The van der Waals surface area contributed by atoms with E-state index < -0.39 is 65.4 Å². The summed E-state index contributed by atoms with van der Waals surface area (Å²) in [6.45, 7) is 6.82. The Labute approximate surface area is 236 Å². The zero-order chi connectivity index (χ0) is 29.4. The minimum Gasteiger partial charge on any atom is -0.481 e. The molecule has 1 aliphatic carbocycles. The van der Waals surface area contributed by atoms with E-state index in [1.54, 1.807) is 50.5 Å². The van der Waals surface area contributed by atoms with Crippen LogP contribution in [-0.2, 0) is 19.2 Å². The van der Waals surface area contributed by atoms with Gasteiger partial charge in [0.1, 0.15) is 12.1 Å². The van der Waals surface area contributed by atoms with Crippen molar-refractivity contribution in [2.75, 3.05) is 6.54 Å². The Bertz CT molecular complexity index is 1290. The van der Waals surface area contributed by atoms with Gasteiger partial charge in [-0.1, -0.05) is 45.0 Å². The van der Waals surface area contributed by atoms with Crippen molar-refractivity contribution < 1.29 is 33.8 Å². The van der Waals surface area contributed by atoms with Crippen LogP contribution < -0.4 is 10.6 Å². The number of benzene rings is 1. The standard InChI is InChI=1S/C28H35FN4O6S/c1-15-23(40-14-30-15)17-7-5-16(6-8-17)19(12-21(35)36)24(37)31-20-11-18(34)13-33(20)26(39)22(27(2,3)4)25(38)32-28(29)9-10-28/h5-8,14,18-20,22,34H,9-13H2,1-4H3,(H,31,37)(H,32,38)(H,35,36)/t18-,19+,20+,22+/m1/s1. The summed E-state index contributed by atoms with van der Waals surface area (Å²) in [5.74, 6) is -7.32. The summed E-state index contributed by atoms with van der Waals surface area (Å²) >= 11 is 1.48. The van der Waals surface area contributed by atoms with E-state index in [9.17, 15) is 33.8 Å². The van der Waals surface area contributed by atoms with Crippen molar-refractivity contribution in [2.45, 2.75) is 77.4 Å². The summed E-state index contributed by atoms with van der Waals surface area (Å²) in [7, 11) is 0. The predicted octanol–water partition coefficient (Wildman–Crippen LogP) is 2.95. The number of carboxylic acid groups (broad SMARTS) is 1. The van der Waals surface area contributed by atoms with Crippen molar-refractivity contribution in [2.24, 2.45) is 11.3 Å². The second-order valence-corrected chi connectivity index (χ2v) is 12.6. The van der Waals surface area contributed by atoms with Crippen molar-refractivity contribution in [3.05, 3.63) is 41.0 Å². The number of hydrogen-bond donors (Lipinski definition) is 4. The Morgan fingerprint density at radius 2 is 1.82 bits per heavy atom. The number of aryl methyl sites for hydroxylation is 1. The van der Waals surface area contributed by atoms with Gasteiger partial charge in [-0.2, -0.15) is 0 Å². The second-order valence-electron chi connectivity index (χ2n) is 11.7. The van der Waals surface area contributed by atoms with Gasteiger partial charge < -0.3 is 25.7 Å². The number of nitrogens with zero attached hydrogens (tertiary/aromatic N) is 2. The molecule has 0 bridgehead atoms. The van der Waals surface area contributed by atoms with Gasteiger partial charge in [0.15, 0.2) is 5.79 Å². The van der Waals surface area contributed by atoms with E-state index in [-0.39, 0.29) is 25.8 Å². The molecule has 12 heteroatoms. The number of aliphatic hydroxyl groups excluding tert-OH is 1. The number of aliphatic carboxylic acids is 1. The molecule has 4 N–H and O–H groups in total. The molecule has 3 amide bonds. The van der Waals surface area contributed by atoms with Crippen molar-refractivity contribution in [1.29, 1.82) is 0 Å². The Morgan fingerprint density at radius 3 is 2.35 bits per heavy atom. The number of β-amino-alcohol motifs (C(OH)–C–C–N with tert-alkyl or cyclic N) is 1. The Balaban J connectivity index is 1.54. The van der Waals surface area contributed by atoms with Crippen LogP contribution in [0.1, 0.15) is 63.6 Å². The lowest BCUT2D eigenvalue weighted by Crippen LogP contribution is -2.55. The van der Waals surface area contributed by atoms with E-state index in [0.717, 1.165) is 16.1 Å². The van der Waals surface area contributed by atoms with Crippen LogP contribution in [0.5, 0.6) is 0 Å². The topological polar surface area (TPSA) is 149 Å². The normalized spacial score (nSPS) is 21.4. The van der Waals surface area contributed by atoms with E-state index in [1.807, 2.05) is 6.92 Å². The summed E-state index contributed by atoms with van der Waals surface area (Å²) in [5.41, 5.74) is 3.09. The first-order valence-corrected chi connectivity index (χ1v) is 14.1. The van der Waals surface area contributed by atoms with Crippen LogP contribution in [0, 0.1) is 18.3 Å². The van der Waals surface area contributed by atoms with Gasteiger partial charge in [-0.25, -0.2) is 9.37 Å². The number of aliphatic hydroxyl groups is 1. The minimum absolute atomic E-state index is 0.00634. The largest absolute Gasteiger partial charge is 0.481 e. The van der Waals surface area contributed by atoms with Crippen molar-refractivity contribution in [1.82, 2.24) is 20.5 Å². The van der Waals surface area contributed by atoms with Crippen molar-refractivity contribution in [3.63, 3.8) is 0 Å². The van der Waals surface area contributed by atoms with Crippen LogP contribution in [0.3, 0.4) is 0 Å². The lowest BCUT2D eigenvalue weighted by molar-refractivity contribution is -0.149. The van der Waals surface area contributed by atoms with E-state index in [1.165, 1.54) is 16.2 Å². The molecule has 1 saturated heterocycles. The van der Waals surface area contributed by atoms with Crippen molar-refractivity contribution in [3.8, 4) is 10.4 Å². The zero-order valence-corrected chi connectivity index (χ0v) is 23.8. The predicted molar refractivity (Wildman–Crippen MR) is 146 cm³/mol. The number of hydrogen-bond acceptors (Lipinski definition) is 7. The van der Waals surface area contributed by atoms with Crippen LogP contribution in [0.15, 0.2) is 29.8 Å². The average Bonchev–Trinajstić information content (AvgIpc) is 3.23. The molecule has 10 nitrogen and oxygen atoms in total. The lowest BCUT2D eigenvalue weighted by Gasteiger charge is -2.35. The van der Waals surface area contributed by atoms with Crippen LogP contribution in [0.25, 0.3) is 10.4 Å². The van der Waals surface area contributed by atoms with Crippen molar-refractivity contribution >= 4 is 35.0 Å².